The number of ketones is 1. The van der Waals surface area contributed by atoms with Crippen LogP contribution in [0.1, 0.15) is 33.6 Å². The number of halogens is 2. The molecule has 1 fully saturated rings. The number of benzene rings is 2. The molecule has 0 unspecified atom stereocenters. The Hall–Kier alpha value is -2.69. The van der Waals surface area contributed by atoms with Crippen molar-refractivity contribution in [3.05, 3.63) is 76.3 Å². The molecule has 0 spiro atoms. The quantitative estimate of drug-likeness (QED) is 0.493. The number of sulfonamides is 1. The molecule has 1 aliphatic rings. The molecule has 2 heterocycles. The van der Waals surface area contributed by atoms with Gasteiger partial charge in [-0.15, -0.1) is 0 Å². The molecule has 4 rings (SSSR count). The number of hydrogen-bond donors (Lipinski definition) is 1. The summed E-state index contributed by atoms with van der Waals surface area (Å²) >= 11 is 1.29. The normalized spacial score (nSPS) is 15.5. The van der Waals surface area contributed by atoms with Crippen LogP contribution in [0.2, 0.25) is 0 Å². The molecular weight excluding hydrogens is 468 g/mol. The minimum atomic E-state index is -4.01. The predicted octanol–water partition coefficient (Wildman–Crippen LogP) is 4.47. The van der Waals surface area contributed by atoms with E-state index in [4.69, 9.17) is 0 Å². The summed E-state index contributed by atoms with van der Waals surface area (Å²) in [5.41, 5.74) is 1.56. The number of anilines is 1. The standard InChI is InChI=1S/C23H23F2N3O3S2/c1-15-4-2-3-5-18(15)22(29)20-14-27-23(32-20)26-13-16-8-10-28(11-9-16)33(30,31)21-7-6-17(24)12-19(21)25/h2-7,12,14,16H,8-11,13H2,1H3,(H,26,27). The van der Waals surface area contributed by atoms with Crippen LogP contribution in [0.4, 0.5) is 13.9 Å². The number of nitrogens with one attached hydrogen (secondary N) is 1. The number of hydrogen-bond acceptors (Lipinski definition) is 6. The molecule has 0 radical (unpaired) electrons. The fourth-order valence-electron chi connectivity index (χ4n) is 3.83. The lowest BCUT2D eigenvalue weighted by Gasteiger charge is -2.31. The van der Waals surface area contributed by atoms with Gasteiger partial charge in [0.05, 0.1) is 11.1 Å². The fourth-order valence-corrected chi connectivity index (χ4v) is 6.12. The summed E-state index contributed by atoms with van der Waals surface area (Å²) in [5, 5.41) is 3.88. The number of carbonyl (C=O) groups is 1. The summed E-state index contributed by atoms with van der Waals surface area (Å²) in [7, 11) is -4.01. The van der Waals surface area contributed by atoms with Crippen LogP contribution in [-0.4, -0.2) is 43.1 Å². The first-order chi connectivity index (χ1) is 15.8. The van der Waals surface area contributed by atoms with Crippen LogP contribution < -0.4 is 5.32 Å². The number of thiazole rings is 1. The second kappa shape index (κ2) is 9.66. The van der Waals surface area contributed by atoms with E-state index in [1.807, 2.05) is 25.1 Å². The van der Waals surface area contributed by atoms with Crippen LogP contribution in [0.5, 0.6) is 0 Å². The third-order valence-corrected chi connectivity index (χ3v) is 8.63. The summed E-state index contributed by atoms with van der Waals surface area (Å²) in [4.78, 5) is 17.0. The number of carbonyl (C=O) groups excluding carboxylic acids is 1. The zero-order valence-electron chi connectivity index (χ0n) is 17.9. The van der Waals surface area contributed by atoms with Gasteiger partial charge in [0.15, 0.2) is 5.13 Å². The number of nitrogens with zero attached hydrogens (tertiary/aromatic N) is 2. The Kier molecular flexibility index (Phi) is 6.87. The molecule has 1 aromatic heterocycles. The summed E-state index contributed by atoms with van der Waals surface area (Å²) in [6.45, 7) is 2.98. The molecule has 33 heavy (non-hydrogen) atoms. The van der Waals surface area contributed by atoms with Gasteiger partial charge in [0.2, 0.25) is 15.8 Å². The van der Waals surface area contributed by atoms with Gasteiger partial charge in [-0.25, -0.2) is 22.2 Å². The van der Waals surface area contributed by atoms with Crippen molar-refractivity contribution >= 4 is 32.3 Å². The number of aromatic nitrogens is 1. The van der Waals surface area contributed by atoms with Crippen molar-refractivity contribution in [2.75, 3.05) is 25.0 Å². The molecule has 3 aromatic rings. The molecule has 1 aliphatic heterocycles. The monoisotopic (exact) mass is 491 g/mol. The SMILES string of the molecule is Cc1ccccc1C(=O)c1cnc(NCC2CCN(S(=O)(=O)c3ccc(F)cc3F)CC2)s1. The Balaban J connectivity index is 1.32. The highest BCUT2D eigenvalue weighted by Gasteiger charge is 2.31. The molecule has 1 N–H and O–H groups in total. The van der Waals surface area contributed by atoms with E-state index in [-0.39, 0.29) is 24.8 Å². The van der Waals surface area contributed by atoms with Crippen LogP contribution in [0.15, 0.2) is 53.6 Å². The topological polar surface area (TPSA) is 79.4 Å². The lowest BCUT2D eigenvalue weighted by Crippen LogP contribution is -2.40. The van der Waals surface area contributed by atoms with Gasteiger partial charge in [0.1, 0.15) is 16.5 Å². The third-order valence-electron chi connectivity index (χ3n) is 5.75. The summed E-state index contributed by atoms with van der Waals surface area (Å²) in [6, 6.07) is 9.89. The van der Waals surface area contributed by atoms with Gasteiger partial charge in [-0.05, 0) is 43.4 Å². The van der Waals surface area contributed by atoms with Gasteiger partial charge < -0.3 is 5.32 Å². The van der Waals surface area contributed by atoms with Crippen molar-refractivity contribution in [2.24, 2.45) is 5.92 Å². The molecule has 0 saturated carbocycles. The minimum Gasteiger partial charge on any atom is -0.361 e. The molecule has 10 heteroatoms. The van der Waals surface area contributed by atoms with Crippen LogP contribution in [0.3, 0.4) is 0 Å². The Bertz CT molecular complexity index is 1270. The van der Waals surface area contributed by atoms with Crippen molar-refractivity contribution in [2.45, 2.75) is 24.7 Å². The molecule has 0 atom stereocenters. The second-order valence-corrected chi connectivity index (χ2v) is 10.9. The highest BCUT2D eigenvalue weighted by Crippen LogP contribution is 2.27. The van der Waals surface area contributed by atoms with E-state index >= 15 is 0 Å². The first-order valence-electron chi connectivity index (χ1n) is 10.5. The lowest BCUT2D eigenvalue weighted by atomic mass is 9.98. The first-order valence-corrected chi connectivity index (χ1v) is 12.8. The molecule has 1 saturated heterocycles. The van der Waals surface area contributed by atoms with Crippen molar-refractivity contribution < 1.29 is 22.0 Å². The van der Waals surface area contributed by atoms with E-state index in [1.54, 1.807) is 12.3 Å². The van der Waals surface area contributed by atoms with E-state index < -0.39 is 26.6 Å². The van der Waals surface area contributed by atoms with Gasteiger partial charge in [-0.1, -0.05) is 35.6 Å². The van der Waals surface area contributed by atoms with Gasteiger partial charge in [0.25, 0.3) is 0 Å². The van der Waals surface area contributed by atoms with Crippen molar-refractivity contribution in [3.8, 4) is 0 Å². The zero-order valence-corrected chi connectivity index (χ0v) is 19.6. The summed E-state index contributed by atoms with van der Waals surface area (Å²) in [6.07, 6.45) is 2.75. The van der Waals surface area contributed by atoms with Crippen LogP contribution in [0.25, 0.3) is 0 Å². The third kappa shape index (κ3) is 5.13. The van der Waals surface area contributed by atoms with Gasteiger partial charge in [-0.2, -0.15) is 4.31 Å². The van der Waals surface area contributed by atoms with Gasteiger partial charge in [0, 0.05) is 31.3 Å². The Labute approximate surface area is 195 Å². The van der Waals surface area contributed by atoms with Crippen molar-refractivity contribution in [3.63, 3.8) is 0 Å². The smallest absolute Gasteiger partial charge is 0.245 e. The maximum absolute atomic E-state index is 14.0. The van der Waals surface area contributed by atoms with E-state index in [2.05, 4.69) is 10.3 Å². The van der Waals surface area contributed by atoms with Crippen molar-refractivity contribution in [1.29, 1.82) is 0 Å². The highest BCUT2D eigenvalue weighted by molar-refractivity contribution is 7.89. The number of piperidine rings is 1. The van der Waals surface area contributed by atoms with Gasteiger partial charge in [-0.3, -0.25) is 4.79 Å². The first kappa shape index (κ1) is 23.5. The molecule has 2 aromatic carbocycles. The fraction of sp³-hybridized carbons (Fsp3) is 0.304. The summed E-state index contributed by atoms with van der Waals surface area (Å²) < 4.78 is 53.8. The zero-order chi connectivity index (χ0) is 23.6. The van der Waals surface area contributed by atoms with E-state index in [0.717, 1.165) is 17.7 Å². The highest BCUT2D eigenvalue weighted by atomic mass is 32.2. The Morgan fingerprint density at radius 1 is 1.18 bits per heavy atom. The van der Waals surface area contributed by atoms with Crippen molar-refractivity contribution in [1.82, 2.24) is 9.29 Å². The second-order valence-electron chi connectivity index (χ2n) is 7.98. The maximum atomic E-state index is 14.0. The largest absolute Gasteiger partial charge is 0.361 e. The van der Waals surface area contributed by atoms with Crippen LogP contribution in [-0.2, 0) is 10.0 Å². The number of aryl methyl sites for hydroxylation is 1. The average molecular weight is 492 g/mol. The predicted molar refractivity (Wildman–Crippen MR) is 123 cm³/mol. The lowest BCUT2D eigenvalue weighted by molar-refractivity contribution is 0.104. The van der Waals surface area contributed by atoms with E-state index in [9.17, 15) is 22.0 Å². The average Bonchev–Trinajstić information content (AvgIpc) is 3.27. The van der Waals surface area contributed by atoms with E-state index in [0.29, 0.717) is 41.0 Å². The molecule has 174 valence electrons. The molecular formula is C23H23F2N3O3S2. The molecule has 6 nitrogen and oxygen atoms in total. The Morgan fingerprint density at radius 2 is 1.91 bits per heavy atom. The molecule has 0 bridgehead atoms. The van der Waals surface area contributed by atoms with Crippen LogP contribution >= 0.6 is 11.3 Å². The van der Waals surface area contributed by atoms with Gasteiger partial charge >= 0.3 is 0 Å². The minimum absolute atomic E-state index is 0.0646. The molecule has 0 aliphatic carbocycles. The number of rotatable bonds is 7. The summed E-state index contributed by atoms with van der Waals surface area (Å²) in [5.74, 6) is -1.76. The molecule has 0 amide bonds. The van der Waals surface area contributed by atoms with Crippen LogP contribution in [0, 0.1) is 24.5 Å². The maximum Gasteiger partial charge on any atom is 0.245 e. The Morgan fingerprint density at radius 3 is 2.61 bits per heavy atom. The van der Waals surface area contributed by atoms with E-state index in [1.165, 1.54) is 15.6 Å².